The van der Waals surface area contributed by atoms with E-state index in [-0.39, 0.29) is 5.92 Å². The van der Waals surface area contributed by atoms with Crippen LogP contribution in [0.4, 0.5) is 0 Å². The lowest BCUT2D eigenvalue weighted by atomic mass is 10.0. The van der Waals surface area contributed by atoms with Gasteiger partial charge in [0.05, 0.1) is 5.69 Å². The van der Waals surface area contributed by atoms with E-state index in [1.54, 1.807) is 6.20 Å². The van der Waals surface area contributed by atoms with Gasteiger partial charge in [-0.2, -0.15) is 5.10 Å². The fraction of sp³-hybridized carbons (Fsp3) is 0.267. The van der Waals surface area contributed by atoms with Gasteiger partial charge in [-0.1, -0.05) is 35.8 Å². The highest BCUT2D eigenvalue weighted by Crippen LogP contribution is 2.22. The Balaban J connectivity index is 2.78. The van der Waals surface area contributed by atoms with Gasteiger partial charge in [-0.3, -0.25) is 4.79 Å². The number of carboxylic acids is 1. The smallest absolute Gasteiger partial charge is 0.360 e. The van der Waals surface area contributed by atoms with Crippen molar-refractivity contribution in [3.05, 3.63) is 55.9 Å². The number of aromatic carboxylic acids is 1. The third-order valence-corrected chi connectivity index (χ3v) is 4.12. The lowest BCUT2D eigenvalue weighted by molar-refractivity contribution is 0.0686. The van der Waals surface area contributed by atoms with Crippen LogP contribution in [0.25, 0.3) is 5.69 Å². The molecule has 0 fully saturated rings. The van der Waals surface area contributed by atoms with Crippen molar-refractivity contribution in [1.82, 2.24) is 9.78 Å². The molecular weight excluding hydrogens is 336 g/mol. The number of carboxylic acid groups (broad SMARTS) is 1. The van der Waals surface area contributed by atoms with Crippen LogP contribution in [0, 0.1) is 6.92 Å². The fourth-order valence-electron chi connectivity index (χ4n) is 2.03. The molecule has 1 aromatic heterocycles. The third kappa shape index (κ3) is 2.90. The molecule has 0 amide bonds. The van der Waals surface area contributed by atoms with Gasteiger partial charge in [0.25, 0.3) is 0 Å². The highest BCUT2D eigenvalue weighted by Gasteiger charge is 2.18. The molecule has 0 bridgehead atoms. The SMILES string of the molecule is Cc1c(Br)cccc1-n1cc(C(C)C)c(=O)c(C(=O)O)n1. The van der Waals surface area contributed by atoms with Crippen LogP contribution >= 0.6 is 15.9 Å². The second-order valence-corrected chi connectivity index (χ2v) is 5.90. The number of halogens is 1. The first-order chi connectivity index (χ1) is 9.82. The monoisotopic (exact) mass is 350 g/mol. The first-order valence-corrected chi connectivity index (χ1v) is 7.25. The van der Waals surface area contributed by atoms with E-state index in [2.05, 4.69) is 21.0 Å². The molecule has 0 atom stereocenters. The van der Waals surface area contributed by atoms with Crippen molar-refractivity contribution < 1.29 is 9.90 Å². The molecule has 1 aromatic carbocycles. The molecule has 0 aliphatic rings. The van der Waals surface area contributed by atoms with Gasteiger partial charge in [-0.05, 0) is 30.5 Å². The van der Waals surface area contributed by atoms with E-state index < -0.39 is 17.1 Å². The Morgan fingerprint density at radius 1 is 1.38 bits per heavy atom. The molecule has 110 valence electrons. The first kappa shape index (κ1) is 15.4. The largest absolute Gasteiger partial charge is 0.476 e. The van der Waals surface area contributed by atoms with Gasteiger partial charge in [0.1, 0.15) is 0 Å². The summed E-state index contributed by atoms with van der Waals surface area (Å²) in [6.07, 6.45) is 1.61. The van der Waals surface area contributed by atoms with Gasteiger partial charge in [-0.15, -0.1) is 0 Å². The molecule has 0 aliphatic heterocycles. The lowest BCUT2D eigenvalue weighted by Crippen LogP contribution is -2.25. The summed E-state index contributed by atoms with van der Waals surface area (Å²) >= 11 is 3.43. The standard InChI is InChI=1S/C15H15BrN2O3/c1-8(2)10-7-18(17-13(14(10)19)15(20)21)12-6-4-5-11(16)9(12)3/h4-8H,1-3H3,(H,20,21). The van der Waals surface area contributed by atoms with E-state index in [1.165, 1.54) is 4.68 Å². The van der Waals surface area contributed by atoms with E-state index >= 15 is 0 Å². The normalized spacial score (nSPS) is 10.9. The minimum Gasteiger partial charge on any atom is -0.476 e. The van der Waals surface area contributed by atoms with Gasteiger partial charge >= 0.3 is 5.97 Å². The van der Waals surface area contributed by atoms with Crippen molar-refractivity contribution in [3.63, 3.8) is 0 Å². The lowest BCUT2D eigenvalue weighted by Gasteiger charge is -2.14. The highest BCUT2D eigenvalue weighted by atomic mass is 79.9. The Labute approximate surface area is 130 Å². The summed E-state index contributed by atoms with van der Waals surface area (Å²) in [4.78, 5) is 23.4. The zero-order chi connectivity index (χ0) is 15.7. The van der Waals surface area contributed by atoms with Gasteiger partial charge in [0.15, 0.2) is 0 Å². The van der Waals surface area contributed by atoms with Crippen molar-refractivity contribution >= 4 is 21.9 Å². The zero-order valence-corrected chi connectivity index (χ0v) is 13.5. The maximum absolute atomic E-state index is 12.1. The average Bonchev–Trinajstić information content (AvgIpc) is 2.41. The maximum atomic E-state index is 12.1. The van der Waals surface area contributed by atoms with Gasteiger partial charge in [-0.25, -0.2) is 9.48 Å². The zero-order valence-electron chi connectivity index (χ0n) is 11.9. The molecule has 0 saturated heterocycles. The Hall–Kier alpha value is -1.95. The average molecular weight is 351 g/mol. The highest BCUT2D eigenvalue weighted by molar-refractivity contribution is 9.10. The minimum absolute atomic E-state index is 0.0858. The summed E-state index contributed by atoms with van der Waals surface area (Å²) in [6.45, 7) is 5.59. The summed E-state index contributed by atoms with van der Waals surface area (Å²) in [7, 11) is 0. The second-order valence-electron chi connectivity index (χ2n) is 5.05. The van der Waals surface area contributed by atoms with Crippen molar-refractivity contribution in [2.75, 3.05) is 0 Å². The van der Waals surface area contributed by atoms with Crippen LogP contribution in [0.5, 0.6) is 0 Å². The Morgan fingerprint density at radius 2 is 2.05 bits per heavy atom. The summed E-state index contributed by atoms with van der Waals surface area (Å²) in [5.41, 5.74) is 1.09. The van der Waals surface area contributed by atoms with Gasteiger partial charge in [0, 0.05) is 16.2 Å². The molecule has 0 spiro atoms. The van der Waals surface area contributed by atoms with Crippen molar-refractivity contribution in [3.8, 4) is 5.69 Å². The molecule has 0 saturated carbocycles. The van der Waals surface area contributed by atoms with E-state index in [9.17, 15) is 14.7 Å². The number of hydrogen-bond donors (Lipinski definition) is 1. The van der Waals surface area contributed by atoms with Crippen LogP contribution in [-0.4, -0.2) is 20.9 Å². The number of carbonyl (C=O) groups is 1. The van der Waals surface area contributed by atoms with Crippen LogP contribution in [-0.2, 0) is 0 Å². The van der Waals surface area contributed by atoms with Crippen LogP contribution < -0.4 is 5.43 Å². The third-order valence-electron chi connectivity index (χ3n) is 3.26. The summed E-state index contributed by atoms with van der Waals surface area (Å²) in [5.74, 6) is -1.40. The Kier molecular flexibility index (Phi) is 4.27. The molecular formula is C15H15BrN2O3. The molecule has 0 unspecified atom stereocenters. The predicted molar refractivity (Wildman–Crippen MR) is 83.3 cm³/mol. The summed E-state index contributed by atoms with van der Waals surface area (Å²) < 4.78 is 2.35. The number of rotatable bonds is 3. The van der Waals surface area contributed by atoms with Crippen LogP contribution in [0.3, 0.4) is 0 Å². The summed E-state index contributed by atoms with van der Waals surface area (Å²) in [5, 5.41) is 13.2. The van der Waals surface area contributed by atoms with E-state index in [1.807, 2.05) is 39.0 Å². The van der Waals surface area contributed by atoms with Crippen LogP contribution in [0.15, 0.2) is 33.7 Å². The minimum atomic E-state index is -1.32. The second kappa shape index (κ2) is 5.81. The van der Waals surface area contributed by atoms with E-state index in [4.69, 9.17) is 0 Å². The molecule has 2 aromatic rings. The molecule has 2 rings (SSSR count). The number of benzene rings is 1. The van der Waals surface area contributed by atoms with Crippen molar-refractivity contribution in [2.24, 2.45) is 0 Å². The fourth-order valence-corrected chi connectivity index (χ4v) is 2.38. The molecule has 0 radical (unpaired) electrons. The quantitative estimate of drug-likeness (QED) is 0.922. The Bertz CT molecular complexity index is 766. The topological polar surface area (TPSA) is 72.2 Å². The number of hydrogen-bond acceptors (Lipinski definition) is 3. The molecule has 0 aliphatic carbocycles. The van der Waals surface area contributed by atoms with Crippen molar-refractivity contribution in [1.29, 1.82) is 0 Å². The molecule has 6 heteroatoms. The molecule has 1 heterocycles. The van der Waals surface area contributed by atoms with Crippen LogP contribution in [0.2, 0.25) is 0 Å². The van der Waals surface area contributed by atoms with Crippen molar-refractivity contribution in [2.45, 2.75) is 26.7 Å². The predicted octanol–water partition coefficient (Wildman–Crippen LogP) is 3.13. The number of aromatic nitrogens is 2. The molecule has 21 heavy (non-hydrogen) atoms. The first-order valence-electron chi connectivity index (χ1n) is 6.45. The van der Waals surface area contributed by atoms with Gasteiger partial charge < -0.3 is 5.11 Å². The number of nitrogens with zero attached hydrogens (tertiary/aromatic N) is 2. The van der Waals surface area contributed by atoms with Gasteiger partial charge in [0.2, 0.25) is 11.1 Å². The van der Waals surface area contributed by atoms with Crippen LogP contribution in [0.1, 0.15) is 41.4 Å². The summed E-state index contributed by atoms with van der Waals surface area (Å²) in [6, 6.07) is 5.55. The molecule has 1 N–H and O–H groups in total. The maximum Gasteiger partial charge on any atom is 0.360 e. The Morgan fingerprint density at radius 3 is 2.62 bits per heavy atom. The van der Waals surface area contributed by atoms with E-state index in [0.29, 0.717) is 5.56 Å². The van der Waals surface area contributed by atoms with E-state index in [0.717, 1.165) is 15.7 Å². The molecule has 5 nitrogen and oxygen atoms in total.